The number of hydrogen-bond acceptors (Lipinski definition) is 5. The molecule has 6 heteroatoms. The normalized spacial score (nSPS) is 11.2. The average Bonchev–Trinajstić information content (AvgIpc) is 2.43. The highest BCUT2D eigenvalue weighted by molar-refractivity contribution is 6.68. The van der Waals surface area contributed by atoms with Crippen molar-refractivity contribution in [3.63, 3.8) is 0 Å². The molecule has 0 fully saturated rings. The highest BCUT2D eigenvalue weighted by Gasteiger charge is 2.43. The molecule has 0 heterocycles. The predicted octanol–water partition coefficient (Wildman–Crippen LogP) is 3.03. The Balaban J connectivity index is 4.46. The molecule has 0 aliphatic heterocycles. The lowest BCUT2D eigenvalue weighted by Gasteiger charge is -2.30. The van der Waals surface area contributed by atoms with Gasteiger partial charge < -0.3 is 18.0 Å². The van der Waals surface area contributed by atoms with E-state index in [0.29, 0.717) is 44.8 Å². The molecule has 0 aromatic rings. The third-order valence-electron chi connectivity index (χ3n) is 2.64. The number of hydrogen-bond donors (Lipinski definition) is 0. The molecule has 0 saturated heterocycles. The van der Waals surface area contributed by atoms with Crippen LogP contribution in [0.5, 0.6) is 0 Å². The lowest BCUT2D eigenvalue weighted by Crippen LogP contribution is -2.48. The van der Waals surface area contributed by atoms with Crippen molar-refractivity contribution in [1.29, 1.82) is 0 Å². The van der Waals surface area contributed by atoms with Crippen molar-refractivity contribution in [1.82, 2.24) is 0 Å². The fourth-order valence-electron chi connectivity index (χ4n) is 1.73. The molecule has 0 spiro atoms. The maximum atomic E-state index is 11.3. The highest BCUT2D eigenvalue weighted by Crippen LogP contribution is 2.23. The molecule has 0 N–H and O–H groups in total. The smallest absolute Gasteiger partial charge is 0.462 e. The molecule has 0 aliphatic carbocycles. The summed E-state index contributed by atoms with van der Waals surface area (Å²) in [4.78, 5) is 11.3. The first kappa shape index (κ1) is 20.0. The fourth-order valence-corrected chi connectivity index (χ4v) is 4.21. The molecule has 0 aromatic heterocycles. The number of ether oxygens (including phenoxy) is 1. The summed E-state index contributed by atoms with van der Waals surface area (Å²) in [6, 6.07) is 0. The third-order valence-corrected chi connectivity index (χ3v) is 5.76. The van der Waals surface area contributed by atoms with E-state index in [1.54, 1.807) is 6.92 Å². The molecule has 0 bridgehead atoms. The van der Waals surface area contributed by atoms with Crippen LogP contribution in [0.2, 0.25) is 0 Å². The van der Waals surface area contributed by atoms with Crippen LogP contribution in [-0.4, -0.2) is 41.2 Å². The summed E-state index contributed by atoms with van der Waals surface area (Å²) in [6.45, 7) is 16.8. The standard InChI is InChI=1S/C15H28O5Si/c1-7-18-21(19-8-2,20-9-3)14(6)11-10-12-17-15(16)13(4)5/h4,6-12H2,1-3,5H3. The van der Waals surface area contributed by atoms with Crippen LogP contribution >= 0.6 is 0 Å². The van der Waals surface area contributed by atoms with Crippen LogP contribution in [0.3, 0.4) is 0 Å². The van der Waals surface area contributed by atoms with Crippen molar-refractivity contribution >= 4 is 14.8 Å². The zero-order valence-electron chi connectivity index (χ0n) is 13.7. The molecule has 0 amide bonds. The number of carbonyl (C=O) groups excluding carboxylic acids is 1. The molecule has 0 saturated carbocycles. The van der Waals surface area contributed by atoms with Gasteiger partial charge in [0.1, 0.15) is 0 Å². The summed E-state index contributed by atoms with van der Waals surface area (Å²) in [5.41, 5.74) is 0.399. The van der Waals surface area contributed by atoms with E-state index < -0.39 is 8.80 Å². The first-order valence-corrected chi connectivity index (χ1v) is 9.08. The van der Waals surface area contributed by atoms with Crippen molar-refractivity contribution in [2.24, 2.45) is 0 Å². The minimum atomic E-state index is -2.85. The van der Waals surface area contributed by atoms with Gasteiger partial charge >= 0.3 is 14.8 Å². The Hall–Kier alpha value is -0.953. The Morgan fingerprint density at radius 3 is 1.86 bits per heavy atom. The van der Waals surface area contributed by atoms with Crippen LogP contribution in [0.1, 0.15) is 40.5 Å². The molecule has 0 aliphatic rings. The van der Waals surface area contributed by atoms with E-state index in [2.05, 4.69) is 13.2 Å². The van der Waals surface area contributed by atoms with Crippen molar-refractivity contribution in [2.45, 2.75) is 40.5 Å². The van der Waals surface area contributed by atoms with E-state index in [9.17, 15) is 4.79 Å². The topological polar surface area (TPSA) is 54.0 Å². The van der Waals surface area contributed by atoms with Gasteiger partial charge in [-0.2, -0.15) is 0 Å². The number of esters is 1. The minimum Gasteiger partial charge on any atom is -0.462 e. The van der Waals surface area contributed by atoms with E-state index in [-0.39, 0.29) is 5.97 Å². The van der Waals surface area contributed by atoms with Crippen molar-refractivity contribution in [3.05, 3.63) is 23.9 Å². The quantitative estimate of drug-likeness (QED) is 0.240. The molecule has 0 unspecified atom stereocenters. The van der Waals surface area contributed by atoms with Crippen molar-refractivity contribution < 1.29 is 22.8 Å². The van der Waals surface area contributed by atoms with Gasteiger partial charge in [-0.1, -0.05) is 13.2 Å². The molecule has 5 nitrogen and oxygen atoms in total. The average molecular weight is 316 g/mol. The summed E-state index contributed by atoms with van der Waals surface area (Å²) >= 11 is 0. The molecule has 122 valence electrons. The lowest BCUT2D eigenvalue weighted by atomic mass is 10.3. The fraction of sp³-hybridized carbons (Fsp3) is 0.667. The van der Waals surface area contributed by atoms with Crippen LogP contribution in [0.15, 0.2) is 23.9 Å². The largest absolute Gasteiger partial charge is 0.532 e. The van der Waals surface area contributed by atoms with Gasteiger partial charge in [-0.05, 0) is 45.7 Å². The second-order valence-electron chi connectivity index (χ2n) is 4.48. The molecular weight excluding hydrogens is 288 g/mol. The van der Waals surface area contributed by atoms with Crippen LogP contribution in [0.25, 0.3) is 0 Å². The van der Waals surface area contributed by atoms with E-state index in [1.165, 1.54) is 0 Å². The number of allylic oxidation sites excluding steroid dienone is 1. The summed E-state index contributed by atoms with van der Waals surface area (Å²) in [5.74, 6) is -0.372. The number of rotatable bonds is 12. The summed E-state index contributed by atoms with van der Waals surface area (Å²) < 4.78 is 22.3. The Morgan fingerprint density at radius 2 is 1.48 bits per heavy atom. The van der Waals surface area contributed by atoms with Gasteiger partial charge in [-0.25, -0.2) is 4.79 Å². The summed E-state index contributed by atoms with van der Waals surface area (Å²) in [7, 11) is -2.85. The van der Waals surface area contributed by atoms with Crippen LogP contribution in [0, 0.1) is 0 Å². The first-order valence-electron chi connectivity index (χ1n) is 7.36. The second-order valence-corrected chi connectivity index (χ2v) is 7.16. The molecule has 0 radical (unpaired) electrons. The van der Waals surface area contributed by atoms with Gasteiger partial charge in [0.25, 0.3) is 0 Å². The lowest BCUT2D eigenvalue weighted by molar-refractivity contribution is -0.139. The minimum absolute atomic E-state index is 0.319. The van der Waals surface area contributed by atoms with E-state index >= 15 is 0 Å². The predicted molar refractivity (Wildman–Crippen MR) is 84.8 cm³/mol. The maximum absolute atomic E-state index is 11.3. The van der Waals surface area contributed by atoms with Gasteiger partial charge in [0.05, 0.1) is 6.61 Å². The maximum Gasteiger partial charge on any atom is 0.532 e. The van der Waals surface area contributed by atoms with Crippen molar-refractivity contribution in [2.75, 3.05) is 26.4 Å². The second kappa shape index (κ2) is 10.7. The third kappa shape index (κ3) is 7.04. The van der Waals surface area contributed by atoms with Gasteiger partial charge in [0.2, 0.25) is 0 Å². The van der Waals surface area contributed by atoms with Crippen LogP contribution < -0.4 is 0 Å². The monoisotopic (exact) mass is 316 g/mol. The molecule has 21 heavy (non-hydrogen) atoms. The van der Waals surface area contributed by atoms with Gasteiger partial charge in [0, 0.05) is 25.4 Å². The molecule has 0 aromatic carbocycles. The number of carbonyl (C=O) groups is 1. The van der Waals surface area contributed by atoms with Gasteiger partial charge in [0.15, 0.2) is 0 Å². The first-order chi connectivity index (χ1) is 9.93. The van der Waals surface area contributed by atoms with Gasteiger partial charge in [-0.3, -0.25) is 0 Å². The molecule has 0 atom stereocenters. The Bertz CT molecular complexity index is 337. The van der Waals surface area contributed by atoms with Gasteiger partial charge in [-0.15, -0.1) is 0 Å². The van der Waals surface area contributed by atoms with E-state index in [1.807, 2.05) is 20.8 Å². The Kier molecular flexibility index (Phi) is 10.2. The zero-order chi connectivity index (χ0) is 16.3. The Labute approximate surface area is 129 Å². The van der Waals surface area contributed by atoms with Crippen molar-refractivity contribution in [3.8, 4) is 0 Å². The highest BCUT2D eigenvalue weighted by atomic mass is 28.4. The molecule has 0 rings (SSSR count). The van der Waals surface area contributed by atoms with Crippen LogP contribution in [0.4, 0.5) is 0 Å². The Morgan fingerprint density at radius 1 is 1.00 bits per heavy atom. The summed E-state index contributed by atoms with van der Waals surface area (Å²) in [6.07, 6.45) is 1.29. The van der Waals surface area contributed by atoms with Crippen LogP contribution in [-0.2, 0) is 22.8 Å². The zero-order valence-corrected chi connectivity index (χ0v) is 14.7. The SMILES string of the molecule is C=C(C)C(=O)OCCCC(=C)[Si](OCC)(OCC)OCC. The van der Waals surface area contributed by atoms with E-state index in [4.69, 9.17) is 18.0 Å². The summed E-state index contributed by atoms with van der Waals surface area (Å²) in [5, 5.41) is 0.819. The molecular formula is C15H28O5Si. The van der Waals surface area contributed by atoms with E-state index in [0.717, 1.165) is 5.20 Å².